The Bertz CT molecular complexity index is 669. The molecule has 1 saturated carbocycles. The van der Waals surface area contributed by atoms with E-state index in [4.69, 9.17) is 0 Å². The number of thiophene rings is 1. The Morgan fingerprint density at radius 1 is 1.25 bits per heavy atom. The lowest BCUT2D eigenvalue weighted by Gasteiger charge is -2.42. The van der Waals surface area contributed by atoms with E-state index in [9.17, 15) is 14.3 Å². The van der Waals surface area contributed by atoms with Gasteiger partial charge in [0.15, 0.2) is 0 Å². The Morgan fingerprint density at radius 3 is 2.58 bits per heavy atom. The van der Waals surface area contributed by atoms with Crippen LogP contribution in [0.25, 0.3) is 0 Å². The minimum absolute atomic E-state index is 0.100. The average molecular weight is 348 g/mol. The molecule has 2 amide bonds. The first kappa shape index (κ1) is 16.9. The van der Waals surface area contributed by atoms with Crippen molar-refractivity contribution >= 4 is 17.4 Å². The van der Waals surface area contributed by atoms with Crippen LogP contribution in [0, 0.1) is 5.82 Å². The van der Waals surface area contributed by atoms with Gasteiger partial charge in [-0.05, 0) is 52.9 Å². The van der Waals surface area contributed by atoms with E-state index in [0.29, 0.717) is 6.54 Å². The first-order valence-corrected chi connectivity index (χ1v) is 9.01. The molecule has 3 N–H and O–H groups in total. The van der Waals surface area contributed by atoms with Crippen LogP contribution in [-0.4, -0.2) is 24.2 Å². The Balaban J connectivity index is 1.50. The molecule has 1 aliphatic carbocycles. The van der Waals surface area contributed by atoms with Crippen molar-refractivity contribution in [3.05, 3.63) is 58.0 Å². The third-order valence-corrected chi connectivity index (χ3v) is 5.44. The minimum Gasteiger partial charge on any atom is -0.387 e. The summed E-state index contributed by atoms with van der Waals surface area (Å²) in [6.45, 7) is 0.686. The largest absolute Gasteiger partial charge is 0.387 e. The van der Waals surface area contributed by atoms with Crippen LogP contribution in [0.1, 0.15) is 36.5 Å². The lowest BCUT2D eigenvalue weighted by atomic mass is 9.64. The predicted octanol–water partition coefficient (Wildman–Crippen LogP) is 3.34. The highest BCUT2D eigenvalue weighted by Gasteiger charge is 2.38. The number of hydrogen-bond acceptors (Lipinski definition) is 3. The number of amides is 2. The van der Waals surface area contributed by atoms with Crippen molar-refractivity contribution in [1.82, 2.24) is 10.6 Å². The van der Waals surface area contributed by atoms with E-state index in [0.717, 1.165) is 30.4 Å². The van der Waals surface area contributed by atoms with Crippen molar-refractivity contribution in [2.24, 2.45) is 0 Å². The van der Waals surface area contributed by atoms with Gasteiger partial charge in [-0.3, -0.25) is 0 Å². The Morgan fingerprint density at radius 2 is 2.00 bits per heavy atom. The summed E-state index contributed by atoms with van der Waals surface area (Å²) in [6.07, 6.45) is 2.38. The molecule has 128 valence electrons. The smallest absolute Gasteiger partial charge is 0.314 e. The summed E-state index contributed by atoms with van der Waals surface area (Å²) in [5.41, 5.74) is 1.77. The molecular formula is C18H21FN2O2S. The quantitative estimate of drug-likeness (QED) is 0.750. The molecule has 0 bridgehead atoms. The van der Waals surface area contributed by atoms with Crippen LogP contribution in [0.2, 0.25) is 0 Å². The molecule has 1 atom stereocenters. The SMILES string of the molecule is O=C(NCC(O)c1ccsc1)NCC1(c2ccc(F)cc2)CCC1. The summed E-state index contributed by atoms with van der Waals surface area (Å²) >= 11 is 1.51. The van der Waals surface area contributed by atoms with E-state index in [1.54, 1.807) is 12.1 Å². The van der Waals surface area contributed by atoms with E-state index in [-0.39, 0.29) is 23.8 Å². The highest BCUT2D eigenvalue weighted by Crippen LogP contribution is 2.43. The number of nitrogens with one attached hydrogen (secondary N) is 2. The molecule has 0 radical (unpaired) electrons. The molecule has 0 saturated heterocycles. The fourth-order valence-electron chi connectivity index (χ4n) is 3.06. The zero-order chi connectivity index (χ0) is 17.0. The first-order chi connectivity index (χ1) is 11.6. The normalized spacial score (nSPS) is 16.9. The van der Waals surface area contributed by atoms with E-state index >= 15 is 0 Å². The maximum absolute atomic E-state index is 13.1. The number of carbonyl (C=O) groups excluding carboxylic acids is 1. The van der Waals surface area contributed by atoms with Crippen molar-refractivity contribution in [2.75, 3.05) is 13.1 Å². The molecule has 1 aromatic carbocycles. The molecule has 3 rings (SSSR count). The van der Waals surface area contributed by atoms with Gasteiger partial charge >= 0.3 is 6.03 Å². The summed E-state index contributed by atoms with van der Waals surface area (Å²) in [6, 6.07) is 8.08. The van der Waals surface area contributed by atoms with Gasteiger partial charge in [0.05, 0.1) is 6.10 Å². The van der Waals surface area contributed by atoms with Gasteiger partial charge in [-0.25, -0.2) is 9.18 Å². The van der Waals surface area contributed by atoms with Crippen LogP contribution in [0.3, 0.4) is 0 Å². The van der Waals surface area contributed by atoms with Crippen LogP contribution in [-0.2, 0) is 5.41 Å². The maximum atomic E-state index is 13.1. The van der Waals surface area contributed by atoms with Gasteiger partial charge in [-0.2, -0.15) is 11.3 Å². The van der Waals surface area contributed by atoms with Gasteiger partial charge in [0.25, 0.3) is 0 Å². The molecule has 1 fully saturated rings. The van der Waals surface area contributed by atoms with E-state index in [1.165, 1.54) is 23.5 Å². The summed E-state index contributed by atoms with van der Waals surface area (Å²) in [7, 11) is 0. The number of rotatable bonds is 6. The standard InChI is InChI=1S/C18H21FN2O2S/c19-15-4-2-14(3-5-15)18(7-1-8-18)12-21-17(23)20-10-16(22)13-6-9-24-11-13/h2-6,9,11,16,22H,1,7-8,10,12H2,(H2,20,21,23). The van der Waals surface area contributed by atoms with Crippen molar-refractivity contribution in [3.8, 4) is 0 Å². The van der Waals surface area contributed by atoms with Crippen molar-refractivity contribution in [1.29, 1.82) is 0 Å². The molecular weight excluding hydrogens is 327 g/mol. The Labute approximate surface area is 144 Å². The summed E-state index contributed by atoms with van der Waals surface area (Å²) in [4.78, 5) is 12.0. The van der Waals surface area contributed by atoms with Gasteiger partial charge in [0, 0.05) is 18.5 Å². The fraction of sp³-hybridized carbons (Fsp3) is 0.389. The molecule has 2 aromatic rings. The van der Waals surface area contributed by atoms with E-state index in [1.807, 2.05) is 16.8 Å². The molecule has 0 aliphatic heterocycles. The Kier molecular flexibility index (Phi) is 5.16. The molecule has 1 heterocycles. The first-order valence-electron chi connectivity index (χ1n) is 8.07. The summed E-state index contributed by atoms with van der Waals surface area (Å²) in [5, 5.41) is 19.3. The van der Waals surface area contributed by atoms with Crippen LogP contribution in [0.15, 0.2) is 41.1 Å². The number of hydrogen-bond donors (Lipinski definition) is 3. The van der Waals surface area contributed by atoms with Crippen LogP contribution >= 0.6 is 11.3 Å². The van der Waals surface area contributed by atoms with E-state index < -0.39 is 6.10 Å². The maximum Gasteiger partial charge on any atom is 0.314 e. The summed E-state index contributed by atoms with van der Waals surface area (Å²) in [5.74, 6) is -0.249. The molecule has 24 heavy (non-hydrogen) atoms. The van der Waals surface area contributed by atoms with Crippen molar-refractivity contribution < 1.29 is 14.3 Å². The van der Waals surface area contributed by atoms with Gasteiger partial charge in [0.1, 0.15) is 5.82 Å². The van der Waals surface area contributed by atoms with Crippen molar-refractivity contribution in [3.63, 3.8) is 0 Å². The molecule has 0 spiro atoms. The number of carbonyl (C=O) groups is 1. The number of halogens is 1. The number of aliphatic hydroxyl groups excluding tert-OH is 1. The van der Waals surface area contributed by atoms with Crippen LogP contribution < -0.4 is 10.6 Å². The summed E-state index contributed by atoms with van der Waals surface area (Å²) < 4.78 is 13.1. The zero-order valence-electron chi connectivity index (χ0n) is 13.3. The third kappa shape index (κ3) is 3.76. The molecule has 4 nitrogen and oxygen atoms in total. The topological polar surface area (TPSA) is 61.4 Å². The van der Waals surface area contributed by atoms with Gasteiger partial charge in [0.2, 0.25) is 0 Å². The van der Waals surface area contributed by atoms with Gasteiger partial charge in [-0.15, -0.1) is 0 Å². The monoisotopic (exact) mass is 348 g/mol. The highest BCUT2D eigenvalue weighted by atomic mass is 32.1. The number of urea groups is 1. The number of aliphatic hydroxyl groups is 1. The lowest BCUT2D eigenvalue weighted by molar-refractivity contribution is 0.171. The Hall–Kier alpha value is -1.92. The second kappa shape index (κ2) is 7.32. The third-order valence-electron chi connectivity index (χ3n) is 4.74. The van der Waals surface area contributed by atoms with Crippen LogP contribution in [0.5, 0.6) is 0 Å². The second-order valence-electron chi connectivity index (χ2n) is 6.28. The second-order valence-corrected chi connectivity index (χ2v) is 7.06. The highest BCUT2D eigenvalue weighted by molar-refractivity contribution is 7.07. The molecule has 1 unspecified atom stereocenters. The molecule has 1 aliphatic rings. The predicted molar refractivity (Wildman–Crippen MR) is 92.6 cm³/mol. The van der Waals surface area contributed by atoms with Gasteiger partial charge in [-0.1, -0.05) is 18.6 Å². The number of benzene rings is 1. The lowest BCUT2D eigenvalue weighted by Crippen LogP contribution is -2.48. The van der Waals surface area contributed by atoms with E-state index in [2.05, 4.69) is 10.6 Å². The van der Waals surface area contributed by atoms with Crippen LogP contribution in [0.4, 0.5) is 9.18 Å². The molecule has 6 heteroatoms. The van der Waals surface area contributed by atoms with Gasteiger partial charge < -0.3 is 15.7 Å². The zero-order valence-corrected chi connectivity index (χ0v) is 14.1. The average Bonchev–Trinajstić information content (AvgIpc) is 3.07. The minimum atomic E-state index is -0.697. The fourth-order valence-corrected chi connectivity index (χ4v) is 3.77. The van der Waals surface area contributed by atoms with Crippen molar-refractivity contribution in [2.45, 2.75) is 30.8 Å². The molecule has 1 aromatic heterocycles.